The zero-order valence-corrected chi connectivity index (χ0v) is 8.85. The van der Waals surface area contributed by atoms with Gasteiger partial charge in [0.1, 0.15) is 5.52 Å². The van der Waals surface area contributed by atoms with Crippen molar-refractivity contribution in [3.05, 3.63) is 48.3 Å². The van der Waals surface area contributed by atoms with E-state index in [1.807, 2.05) is 0 Å². The molecular formula is C13H9FN2O. The molecule has 17 heavy (non-hydrogen) atoms. The highest BCUT2D eigenvalue weighted by atomic mass is 19.1. The second-order valence-corrected chi connectivity index (χ2v) is 3.73. The summed E-state index contributed by atoms with van der Waals surface area (Å²) in [6.45, 7) is 0. The van der Waals surface area contributed by atoms with E-state index >= 15 is 0 Å². The van der Waals surface area contributed by atoms with Crippen LogP contribution in [0.2, 0.25) is 0 Å². The standard InChI is InChI=1S/C13H9FN2O/c14-10-2-1-3-11-12(10)16-13(17-11)8-4-6-9(15)7-5-8/h1-7H,15H2. The Labute approximate surface area is 96.7 Å². The summed E-state index contributed by atoms with van der Waals surface area (Å²) in [5.74, 6) is 0.0121. The second kappa shape index (κ2) is 3.59. The summed E-state index contributed by atoms with van der Waals surface area (Å²) in [7, 11) is 0. The SMILES string of the molecule is Nc1ccc(-c2nc3c(F)cccc3o2)cc1. The van der Waals surface area contributed by atoms with Crippen LogP contribution in [0.3, 0.4) is 0 Å². The fraction of sp³-hybridized carbons (Fsp3) is 0. The lowest BCUT2D eigenvalue weighted by molar-refractivity contribution is 0.617. The molecule has 0 unspecified atom stereocenters. The van der Waals surface area contributed by atoms with Crippen LogP contribution in [-0.2, 0) is 0 Å². The van der Waals surface area contributed by atoms with Gasteiger partial charge in [-0.2, -0.15) is 0 Å². The predicted octanol–water partition coefficient (Wildman–Crippen LogP) is 3.22. The molecule has 84 valence electrons. The Morgan fingerprint density at radius 2 is 1.82 bits per heavy atom. The Bertz CT molecular complexity index is 673. The molecule has 0 amide bonds. The van der Waals surface area contributed by atoms with Crippen molar-refractivity contribution in [3.8, 4) is 11.5 Å². The number of halogens is 1. The zero-order chi connectivity index (χ0) is 11.8. The summed E-state index contributed by atoms with van der Waals surface area (Å²) >= 11 is 0. The number of nitrogens with zero attached hydrogens (tertiary/aromatic N) is 1. The molecule has 2 N–H and O–H groups in total. The summed E-state index contributed by atoms with van der Waals surface area (Å²) in [5, 5.41) is 0. The summed E-state index contributed by atoms with van der Waals surface area (Å²) in [4.78, 5) is 4.13. The van der Waals surface area contributed by atoms with Gasteiger partial charge in [-0.1, -0.05) is 6.07 Å². The number of anilines is 1. The number of hydrogen-bond acceptors (Lipinski definition) is 3. The second-order valence-electron chi connectivity index (χ2n) is 3.73. The third kappa shape index (κ3) is 1.63. The highest BCUT2D eigenvalue weighted by Gasteiger charge is 2.10. The molecule has 0 aliphatic rings. The van der Waals surface area contributed by atoms with Gasteiger partial charge in [0.25, 0.3) is 0 Å². The van der Waals surface area contributed by atoms with E-state index in [0.717, 1.165) is 5.56 Å². The maximum atomic E-state index is 13.4. The lowest BCUT2D eigenvalue weighted by Crippen LogP contribution is -1.83. The number of nitrogen functional groups attached to an aromatic ring is 1. The minimum Gasteiger partial charge on any atom is -0.436 e. The van der Waals surface area contributed by atoms with Crippen LogP contribution in [0.4, 0.5) is 10.1 Å². The average molecular weight is 228 g/mol. The number of benzene rings is 2. The minimum absolute atomic E-state index is 0.249. The number of rotatable bonds is 1. The molecule has 4 heteroatoms. The lowest BCUT2D eigenvalue weighted by Gasteiger charge is -1.95. The number of para-hydroxylation sites is 1. The van der Waals surface area contributed by atoms with Gasteiger partial charge in [-0.15, -0.1) is 0 Å². The highest BCUT2D eigenvalue weighted by Crippen LogP contribution is 2.25. The molecule has 3 aromatic rings. The van der Waals surface area contributed by atoms with Crippen LogP contribution >= 0.6 is 0 Å². The zero-order valence-electron chi connectivity index (χ0n) is 8.85. The third-order valence-corrected chi connectivity index (χ3v) is 2.53. The van der Waals surface area contributed by atoms with Crippen molar-refractivity contribution in [2.45, 2.75) is 0 Å². The molecule has 1 heterocycles. The molecule has 2 aromatic carbocycles. The quantitative estimate of drug-likeness (QED) is 0.650. The number of aromatic nitrogens is 1. The Morgan fingerprint density at radius 1 is 1.06 bits per heavy atom. The molecule has 0 radical (unpaired) electrons. The molecule has 3 nitrogen and oxygen atoms in total. The fourth-order valence-electron chi connectivity index (χ4n) is 1.66. The van der Waals surface area contributed by atoms with E-state index in [2.05, 4.69) is 4.98 Å². The number of oxazole rings is 1. The molecule has 3 rings (SSSR count). The van der Waals surface area contributed by atoms with Crippen LogP contribution in [0.25, 0.3) is 22.6 Å². The first-order valence-corrected chi connectivity index (χ1v) is 5.15. The smallest absolute Gasteiger partial charge is 0.227 e. The highest BCUT2D eigenvalue weighted by molar-refractivity contribution is 5.76. The minimum atomic E-state index is -0.382. The van der Waals surface area contributed by atoms with Gasteiger partial charge in [0.05, 0.1) is 0 Å². The van der Waals surface area contributed by atoms with Crippen LogP contribution in [0.5, 0.6) is 0 Å². The van der Waals surface area contributed by atoms with Crippen LogP contribution in [-0.4, -0.2) is 4.98 Å². The van der Waals surface area contributed by atoms with Crippen molar-refractivity contribution in [2.24, 2.45) is 0 Å². The predicted molar refractivity (Wildman–Crippen MR) is 63.8 cm³/mol. The molecule has 0 spiro atoms. The van der Waals surface area contributed by atoms with Gasteiger partial charge in [-0.3, -0.25) is 0 Å². The first-order valence-electron chi connectivity index (χ1n) is 5.15. The summed E-state index contributed by atoms with van der Waals surface area (Å²) in [6, 6.07) is 11.7. The Balaban J connectivity index is 2.18. The largest absolute Gasteiger partial charge is 0.436 e. The maximum Gasteiger partial charge on any atom is 0.227 e. The molecule has 0 saturated carbocycles. The van der Waals surface area contributed by atoms with Gasteiger partial charge in [-0.05, 0) is 36.4 Å². The molecule has 0 aliphatic heterocycles. The van der Waals surface area contributed by atoms with Crippen molar-refractivity contribution in [1.82, 2.24) is 4.98 Å². The Morgan fingerprint density at radius 3 is 2.53 bits per heavy atom. The van der Waals surface area contributed by atoms with Gasteiger partial charge in [0, 0.05) is 11.3 Å². The van der Waals surface area contributed by atoms with Gasteiger partial charge in [0.2, 0.25) is 5.89 Å². The van der Waals surface area contributed by atoms with E-state index in [1.54, 1.807) is 36.4 Å². The molecule has 0 saturated heterocycles. The summed E-state index contributed by atoms with van der Waals surface area (Å²) in [5.41, 5.74) is 7.72. The Hall–Kier alpha value is -2.36. The third-order valence-electron chi connectivity index (χ3n) is 2.53. The summed E-state index contributed by atoms with van der Waals surface area (Å²) < 4.78 is 18.9. The average Bonchev–Trinajstić information content (AvgIpc) is 2.75. The van der Waals surface area contributed by atoms with Crippen LogP contribution < -0.4 is 5.73 Å². The van der Waals surface area contributed by atoms with Gasteiger partial charge >= 0.3 is 0 Å². The van der Waals surface area contributed by atoms with Crippen molar-refractivity contribution >= 4 is 16.8 Å². The molecule has 1 aromatic heterocycles. The maximum absolute atomic E-state index is 13.4. The summed E-state index contributed by atoms with van der Waals surface area (Å²) in [6.07, 6.45) is 0. The molecular weight excluding hydrogens is 219 g/mol. The molecule has 0 bridgehead atoms. The van der Waals surface area contributed by atoms with Crippen LogP contribution in [0, 0.1) is 5.82 Å². The first kappa shape index (κ1) is 9.84. The van der Waals surface area contributed by atoms with Crippen LogP contribution in [0.15, 0.2) is 46.9 Å². The first-order chi connectivity index (χ1) is 8.24. The van der Waals surface area contributed by atoms with E-state index in [-0.39, 0.29) is 11.3 Å². The number of hydrogen-bond donors (Lipinski definition) is 1. The van der Waals surface area contributed by atoms with Crippen molar-refractivity contribution < 1.29 is 8.81 Å². The monoisotopic (exact) mass is 228 g/mol. The molecule has 0 aliphatic carbocycles. The Kier molecular flexibility index (Phi) is 2.08. The van der Waals surface area contributed by atoms with Gasteiger partial charge in [0.15, 0.2) is 11.4 Å². The van der Waals surface area contributed by atoms with E-state index < -0.39 is 0 Å². The van der Waals surface area contributed by atoms with E-state index in [9.17, 15) is 4.39 Å². The number of fused-ring (bicyclic) bond motifs is 1. The number of nitrogens with two attached hydrogens (primary N) is 1. The van der Waals surface area contributed by atoms with Crippen LogP contribution in [0.1, 0.15) is 0 Å². The normalized spacial score (nSPS) is 10.9. The molecule has 0 atom stereocenters. The van der Waals surface area contributed by atoms with Gasteiger partial charge in [-0.25, -0.2) is 9.37 Å². The topological polar surface area (TPSA) is 52.0 Å². The van der Waals surface area contributed by atoms with Gasteiger partial charge < -0.3 is 10.2 Å². The van der Waals surface area contributed by atoms with Crippen molar-refractivity contribution in [1.29, 1.82) is 0 Å². The van der Waals surface area contributed by atoms with E-state index in [1.165, 1.54) is 6.07 Å². The fourth-order valence-corrected chi connectivity index (χ4v) is 1.66. The molecule has 0 fully saturated rings. The van der Waals surface area contributed by atoms with Crippen molar-refractivity contribution in [2.75, 3.05) is 5.73 Å². The van der Waals surface area contributed by atoms with Crippen molar-refractivity contribution in [3.63, 3.8) is 0 Å². The van der Waals surface area contributed by atoms with E-state index in [0.29, 0.717) is 17.2 Å². The lowest BCUT2D eigenvalue weighted by atomic mass is 10.2. The van der Waals surface area contributed by atoms with E-state index in [4.69, 9.17) is 10.2 Å².